The van der Waals surface area contributed by atoms with E-state index in [9.17, 15) is 4.79 Å². The first kappa shape index (κ1) is 20.0. The molecule has 0 aromatic heterocycles. The van der Waals surface area contributed by atoms with Gasteiger partial charge in [0.1, 0.15) is 11.5 Å². The molecule has 1 amide bonds. The second-order valence-electron chi connectivity index (χ2n) is 7.37. The number of hydrogen-bond acceptors (Lipinski definition) is 4. The number of benzene rings is 3. The predicted molar refractivity (Wildman–Crippen MR) is 118 cm³/mol. The van der Waals surface area contributed by atoms with E-state index in [-0.39, 0.29) is 5.91 Å². The van der Waals surface area contributed by atoms with E-state index in [2.05, 4.69) is 29.2 Å². The largest absolute Gasteiger partial charge is 0.457 e. The normalized spacial score (nSPS) is 13.7. The van der Waals surface area contributed by atoms with Crippen LogP contribution in [-0.4, -0.2) is 44.2 Å². The van der Waals surface area contributed by atoms with Crippen molar-refractivity contribution in [3.63, 3.8) is 0 Å². The van der Waals surface area contributed by atoms with Crippen molar-refractivity contribution in [1.82, 2.24) is 4.90 Å². The number of carbonyl (C=O) groups is 1. The van der Waals surface area contributed by atoms with Crippen LogP contribution in [0.5, 0.6) is 11.5 Å². The monoisotopic (exact) mass is 402 g/mol. The first-order valence-corrected chi connectivity index (χ1v) is 10.2. The predicted octanol–water partition coefficient (Wildman–Crippen LogP) is 4.59. The molecule has 1 aliphatic rings. The Morgan fingerprint density at radius 2 is 1.53 bits per heavy atom. The minimum atomic E-state index is -0.0153. The van der Waals surface area contributed by atoms with Crippen molar-refractivity contribution < 1.29 is 14.3 Å². The molecular formula is C25H26N2O3. The molecule has 0 spiro atoms. The van der Waals surface area contributed by atoms with Gasteiger partial charge in [-0.15, -0.1) is 0 Å². The molecule has 1 aliphatic heterocycles. The van der Waals surface area contributed by atoms with Gasteiger partial charge in [-0.1, -0.05) is 30.3 Å². The van der Waals surface area contributed by atoms with E-state index in [1.54, 1.807) is 17.0 Å². The third-order valence-corrected chi connectivity index (χ3v) is 5.16. The zero-order valence-electron chi connectivity index (χ0n) is 17.2. The summed E-state index contributed by atoms with van der Waals surface area (Å²) in [4.78, 5) is 16.8. The van der Waals surface area contributed by atoms with E-state index in [1.807, 2.05) is 49.5 Å². The summed E-state index contributed by atoms with van der Waals surface area (Å²) in [5.41, 5.74) is 2.94. The zero-order valence-corrected chi connectivity index (χ0v) is 17.2. The molecule has 0 radical (unpaired) electrons. The van der Waals surface area contributed by atoms with Crippen LogP contribution in [0, 0.1) is 0 Å². The van der Waals surface area contributed by atoms with Crippen molar-refractivity contribution in [2.45, 2.75) is 6.54 Å². The Hall–Kier alpha value is -3.31. The number of para-hydroxylation sites is 1. The van der Waals surface area contributed by atoms with Crippen LogP contribution in [0.2, 0.25) is 0 Å². The highest BCUT2D eigenvalue weighted by Crippen LogP contribution is 2.22. The van der Waals surface area contributed by atoms with Gasteiger partial charge in [0.25, 0.3) is 5.91 Å². The van der Waals surface area contributed by atoms with Crippen molar-refractivity contribution >= 4 is 11.6 Å². The summed E-state index contributed by atoms with van der Waals surface area (Å²) in [5.74, 6) is 1.46. The highest BCUT2D eigenvalue weighted by atomic mass is 16.5. The van der Waals surface area contributed by atoms with Crippen molar-refractivity contribution in [2.24, 2.45) is 0 Å². The van der Waals surface area contributed by atoms with Crippen LogP contribution in [0.15, 0.2) is 78.9 Å². The molecule has 1 saturated heterocycles. The van der Waals surface area contributed by atoms with Gasteiger partial charge in [0.15, 0.2) is 0 Å². The third-order valence-electron chi connectivity index (χ3n) is 5.16. The van der Waals surface area contributed by atoms with Crippen LogP contribution < -0.4 is 9.64 Å². The van der Waals surface area contributed by atoms with Gasteiger partial charge in [0.05, 0.1) is 13.2 Å². The molecule has 0 unspecified atom stereocenters. The van der Waals surface area contributed by atoms with E-state index in [0.29, 0.717) is 17.9 Å². The number of hydrogen-bond donors (Lipinski definition) is 0. The molecule has 0 aliphatic carbocycles. The molecule has 30 heavy (non-hydrogen) atoms. The van der Waals surface area contributed by atoms with Crippen LogP contribution in [0.3, 0.4) is 0 Å². The average molecular weight is 402 g/mol. The molecule has 0 bridgehead atoms. The minimum absolute atomic E-state index is 0.0153. The maximum Gasteiger partial charge on any atom is 0.253 e. The minimum Gasteiger partial charge on any atom is -0.457 e. The van der Waals surface area contributed by atoms with Crippen molar-refractivity contribution in [1.29, 1.82) is 0 Å². The van der Waals surface area contributed by atoms with E-state index in [4.69, 9.17) is 9.47 Å². The van der Waals surface area contributed by atoms with Gasteiger partial charge in [-0.3, -0.25) is 4.79 Å². The first-order chi connectivity index (χ1) is 14.7. The molecule has 1 heterocycles. The molecule has 0 atom stereocenters. The summed E-state index contributed by atoms with van der Waals surface area (Å²) >= 11 is 0. The fourth-order valence-corrected chi connectivity index (χ4v) is 3.49. The maximum absolute atomic E-state index is 12.8. The van der Waals surface area contributed by atoms with Gasteiger partial charge >= 0.3 is 0 Å². The number of carbonyl (C=O) groups excluding carboxylic acids is 1. The van der Waals surface area contributed by atoms with Crippen LogP contribution in [-0.2, 0) is 11.3 Å². The molecule has 5 nitrogen and oxygen atoms in total. The Kier molecular flexibility index (Phi) is 6.30. The van der Waals surface area contributed by atoms with Gasteiger partial charge in [-0.05, 0) is 54.1 Å². The first-order valence-electron chi connectivity index (χ1n) is 10.2. The molecule has 3 aromatic rings. The van der Waals surface area contributed by atoms with Crippen LogP contribution in [0.25, 0.3) is 0 Å². The summed E-state index contributed by atoms with van der Waals surface area (Å²) in [6.07, 6.45) is 0. The number of anilines is 1. The molecule has 3 aromatic carbocycles. The Labute approximate surface area is 177 Å². The van der Waals surface area contributed by atoms with Crippen LogP contribution in [0.4, 0.5) is 5.69 Å². The quantitative estimate of drug-likeness (QED) is 0.605. The topological polar surface area (TPSA) is 42.0 Å². The number of morpholine rings is 1. The van der Waals surface area contributed by atoms with Crippen molar-refractivity contribution in [2.75, 3.05) is 38.3 Å². The van der Waals surface area contributed by atoms with Gasteiger partial charge in [0.2, 0.25) is 0 Å². The van der Waals surface area contributed by atoms with Gasteiger partial charge in [-0.25, -0.2) is 0 Å². The smallest absolute Gasteiger partial charge is 0.253 e. The van der Waals surface area contributed by atoms with Crippen molar-refractivity contribution in [3.05, 3.63) is 90.0 Å². The summed E-state index contributed by atoms with van der Waals surface area (Å²) in [6.45, 7) is 3.94. The Bertz CT molecular complexity index is 950. The fraction of sp³-hybridized carbons (Fsp3) is 0.240. The standard InChI is InChI=1S/C25H26N2O3/c1-26(19-20-7-11-22(12-8-20)27-15-17-29-18-16-27)25(28)21-9-13-24(14-10-21)30-23-5-3-2-4-6-23/h2-14H,15-19H2,1H3. The Balaban J connectivity index is 1.35. The second-order valence-corrected chi connectivity index (χ2v) is 7.37. The van der Waals surface area contributed by atoms with Crippen LogP contribution >= 0.6 is 0 Å². The third kappa shape index (κ3) is 4.99. The number of ether oxygens (including phenoxy) is 2. The molecule has 4 rings (SSSR count). The summed E-state index contributed by atoms with van der Waals surface area (Å²) < 4.78 is 11.2. The summed E-state index contributed by atoms with van der Waals surface area (Å²) in [6, 6.07) is 25.3. The maximum atomic E-state index is 12.8. The van der Waals surface area contributed by atoms with Crippen molar-refractivity contribution in [3.8, 4) is 11.5 Å². The summed E-state index contributed by atoms with van der Waals surface area (Å²) in [7, 11) is 1.83. The highest BCUT2D eigenvalue weighted by molar-refractivity contribution is 5.94. The molecular weight excluding hydrogens is 376 g/mol. The van der Waals surface area contributed by atoms with E-state index < -0.39 is 0 Å². The lowest BCUT2D eigenvalue weighted by Crippen LogP contribution is -2.36. The van der Waals surface area contributed by atoms with Gasteiger partial charge in [-0.2, -0.15) is 0 Å². The lowest BCUT2D eigenvalue weighted by atomic mass is 10.1. The second kappa shape index (κ2) is 9.46. The molecule has 0 saturated carbocycles. The lowest BCUT2D eigenvalue weighted by Gasteiger charge is -2.29. The highest BCUT2D eigenvalue weighted by Gasteiger charge is 2.14. The van der Waals surface area contributed by atoms with E-state index in [1.165, 1.54) is 5.69 Å². The van der Waals surface area contributed by atoms with Gasteiger partial charge in [0, 0.05) is 37.9 Å². The van der Waals surface area contributed by atoms with Gasteiger partial charge < -0.3 is 19.3 Å². The zero-order chi connectivity index (χ0) is 20.8. The number of rotatable bonds is 6. The van der Waals surface area contributed by atoms with E-state index in [0.717, 1.165) is 37.6 Å². The SMILES string of the molecule is CN(Cc1ccc(N2CCOCC2)cc1)C(=O)c1ccc(Oc2ccccc2)cc1. The molecule has 5 heteroatoms. The molecule has 154 valence electrons. The average Bonchev–Trinajstić information content (AvgIpc) is 2.81. The lowest BCUT2D eigenvalue weighted by molar-refractivity contribution is 0.0785. The Morgan fingerprint density at radius 3 is 2.20 bits per heavy atom. The number of amides is 1. The Morgan fingerprint density at radius 1 is 0.900 bits per heavy atom. The van der Waals surface area contributed by atoms with E-state index >= 15 is 0 Å². The molecule has 0 N–H and O–H groups in total. The number of nitrogens with zero attached hydrogens (tertiary/aromatic N) is 2. The van der Waals surface area contributed by atoms with Crippen LogP contribution in [0.1, 0.15) is 15.9 Å². The summed E-state index contributed by atoms with van der Waals surface area (Å²) in [5, 5.41) is 0. The fourth-order valence-electron chi connectivity index (χ4n) is 3.49. The molecule has 1 fully saturated rings.